The van der Waals surface area contributed by atoms with Crippen LogP contribution in [0.3, 0.4) is 0 Å². The van der Waals surface area contributed by atoms with E-state index in [9.17, 15) is 9.59 Å². The van der Waals surface area contributed by atoms with Gasteiger partial charge in [0.25, 0.3) is 5.19 Å². The van der Waals surface area contributed by atoms with Crippen molar-refractivity contribution in [2.24, 2.45) is 23.7 Å². The van der Waals surface area contributed by atoms with Crippen LogP contribution in [0.25, 0.3) is 10.4 Å². The molecule has 4 rings (SSSR count). The molecule has 1 heterocycles. The Bertz CT molecular complexity index is 1360. The van der Waals surface area contributed by atoms with Crippen molar-refractivity contribution in [3.05, 3.63) is 66.1 Å². The molecule has 2 saturated carbocycles. The molecule has 8 nitrogen and oxygen atoms in total. The van der Waals surface area contributed by atoms with Gasteiger partial charge in [-0.2, -0.15) is 0 Å². The highest BCUT2D eigenvalue weighted by molar-refractivity contribution is 7.16. The summed E-state index contributed by atoms with van der Waals surface area (Å²) in [5, 5.41) is 12.5. The van der Waals surface area contributed by atoms with Crippen LogP contribution in [0.15, 0.2) is 66.1 Å². The fraction of sp³-hybridized carbons (Fsp3) is 0.528. The van der Waals surface area contributed by atoms with E-state index in [1.54, 1.807) is 14.2 Å². The number of nitrogens with zero attached hydrogens (tertiary/aromatic N) is 2. The summed E-state index contributed by atoms with van der Waals surface area (Å²) in [6.45, 7) is 9.31. The van der Waals surface area contributed by atoms with Crippen LogP contribution in [0, 0.1) is 23.7 Å². The maximum absolute atomic E-state index is 14.2. The fourth-order valence-corrected chi connectivity index (χ4v) is 7.24. The zero-order chi connectivity index (χ0) is 32.3. The fourth-order valence-electron chi connectivity index (χ4n) is 6.51. The number of carbonyl (C=O) groups excluding carboxylic acids is 2. The Morgan fingerprint density at radius 3 is 2.36 bits per heavy atom. The summed E-state index contributed by atoms with van der Waals surface area (Å²) in [7, 11) is 3.31. The molecule has 45 heavy (non-hydrogen) atoms. The summed E-state index contributed by atoms with van der Waals surface area (Å²) in [5.74, 6) is 1.59. The monoisotopic (exact) mass is 635 g/mol. The number of methoxy groups -OCH3 is 2. The molecule has 2 N–H and O–H groups in total. The molecule has 0 aliphatic heterocycles. The van der Waals surface area contributed by atoms with Crippen molar-refractivity contribution in [1.29, 1.82) is 0 Å². The molecule has 9 heteroatoms. The van der Waals surface area contributed by atoms with Crippen LogP contribution in [-0.2, 0) is 14.3 Å². The van der Waals surface area contributed by atoms with E-state index in [1.807, 2.05) is 49.2 Å². The highest BCUT2D eigenvalue weighted by Crippen LogP contribution is 2.38. The SMILES string of the molecule is C=C(/C=C\C(OC)=C(C)C)[C@H]1CC[C@H](CN(c2cccc(-c3cnc(OC)s3)c2)C(=O)[C@H]2CC[C@H](C(=O)NCCO)CC2)CC1. The van der Waals surface area contributed by atoms with Crippen molar-refractivity contribution < 1.29 is 24.2 Å². The maximum Gasteiger partial charge on any atom is 0.273 e. The number of amides is 2. The first-order chi connectivity index (χ1) is 21.7. The average Bonchev–Trinajstić information content (AvgIpc) is 3.56. The number of rotatable bonds is 13. The molecule has 244 valence electrons. The number of ether oxygens (including phenoxy) is 2. The standard InChI is InChI=1S/C36H49N3O5S/c1-24(2)32(43-4)18-9-25(3)27-12-10-26(11-13-27)23-39(31-8-6-7-30(21-31)33-22-38-36(44-5)45-33)35(42)29-16-14-28(15-17-29)34(41)37-19-20-40/h6-9,18,21-22,26-29,40H,3,10-17,19-20,23H2,1-2,4-5H3,(H,37,41)/b18-9-/t26-,27-,28-,29-. The minimum absolute atomic E-state index is 0.0213. The van der Waals surface area contributed by atoms with Gasteiger partial charge in [0.15, 0.2) is 0 Å². The van der Waals surface area contributed by atoms with E-state index in [2.05, 4.69) is 29.0 Å². The second-order valence-electron chi connectivity index (χ2n) is 12.5. The Balaban J connectivity index is 1.47. The highest BCUT2D eigenvalue weighted by atomic mass is 32.1. The van der Waals surface area contributed by atoms with Crippen LogP contribution >= 0.6 is 11.3 Å². The number of hydrogen-bond acceptors (Lipinski definition) is 7. The van der Waals surface area contributed by atoms with Gasteiger partial charge in [-0.1, -0.05) is 41.7 Å². The third-order valence-corrected chi connectivity index (χ3v) is 10.2. The summed E-state index contributed by atoms with van der Waals surface area (Å²) < 4.78 is 10.8. The number of allylic oxidation sites excluding steroid dienone is 4. The average molecular weight is 636 g/mol. The molecule has 0 unspecified atom stereocenters. The van der Waals surface area contributed by atoms with Crippen LogP contribution in [0.1, 0.15) is 65.2 Å². The summed E-state index contributed by atoms with van der Waals surface area (Å²) in [6, 6.07) is 8.17. The Morgan fingerprint density at radius 2 is 1.73 bits per heavy atom. The molecule has 1 aromatic heterocycles. The lowest BCUT2D eigenvalue weighted by atomic mass is 9.78. The van der Waals surface area contributed by atoms with E-state index in [0.29, 0.717) is 49.3 Å². The number of benzene rings is 1. The smallest absolute Gasteiger partial charge is 0.273 e. The first-order valence-corrected chi connectivity index (χ1v) is 16.9. The van der Waals surface area contributed by atoms with Crippen LogP contribution in [-0.4, -0.2) is 55.8 Å². The quantitative estimate of drug-likeness (QED) is 0.183. The number of thiazole rings is 1. The summed E-state index contributed by atoms with van der Waals surface area (Å²) >= 11 is 1.48. The second-order valence-corrected chi connectivity index (χ2v) is 13.4. The molecule has 2 amide bonds. The predicted octanol–water partition coefficient (Wildman–Crippen LogP) is 6.93. The zero-order valence-electron chi connectivity index (χ0n) is 27.2. The van der Waals surface area contributed by atoms with Gasteiger partial charge in [-0.15, -0.1) is 0 Å². The largest absolute Gasteiger partial charge is 0.497 e. The molecule has 2 fully saturated rings. The van der Waals surface area contributed by atoms with Crippen molar-refractivity contribution in [3.8, 4) is 15.6 Å². The molecule has 0 bridgehead atoms. The van der Waals surface area contributed by atoms with Gasteiger partial charge >= 0.3 is 0 Å². The normalized spacial score (nSPS) is 21.6. The summed E-state index contributed by atoms with van der Waals surface area (Å²) in [6.07, 6.45) is 12.8. The third-order valence-electron chi connectivity index (χ3n) is 9.20. The van der Waals surface area contributed by atoms with Crippen LogP contribution in [0.5, 0.6) is 5.19 Å². The topological polar surface area (TPSA) is 101 Å². The number of aliphatic hydroxyl groups excluding tert-OH is 1. The Morgan fingerprint density at radius 1 is 1.04 bits per heavy atom. The van der Waals surface area contributed by atoms with Gasteiger partial charge < -0.3 is 24.8 Å². The van der Waals surface area contributed by atoms with Gasteiger partial charge in [-0.3, -0.25) is 9.59 Å². The van der Waals surface area contributed by atoms with Crippen molar-refractivity contribution >= 4 is 28.8 Å². The highest BCUT2D eigenvalue weighted by Gasteiger charge is 2.34. The van der Waals surface area contributed by atoms with E-state index in [4.69, 9.17) is 14.6 Å². The molecule has 0 radical (unpaired) electrons. The number of anilines is 1. The molecule has 2 aliphatic carbocycles. The summed E-state index contributed by atoms with van der Waals surface area (Å²) in [5.41, 5.74) is 4.17. The maximum atomic E-state index is 14.2. The molecular weight excluding hydrogens is 586 g/mol. The Labute approximate surface area is 272 Å². The molecule has 2 aliphatic rings. The lowest BCUT2D eigenvalue weighted by Gasteiger charge is -2.36. The summed E-state index contributed by atoms with van der Waals surface area (Å²) in [4.78, 5) is 34.1. The van der Waals surface area contributed by atoms with E-state index >= 15 is 0 Å². The Hall–Kier alpha value is -3.43. The number of aliphatic hydroxyl groups is 1. The number of carbonyl (C=O) groups is 2. The molecule has 1 aromatic carbocycles. The minimum Gasteiger partial charge on any atom is -0.497 e. The predicted molar refractivity (Wildman–Crippen MR) is 181 cm³/mol. The van der Waals surface area contributed by atoms with E-state index in [-0.39, 0.29) is 36.8 Å². The van der Waals surface area contributed by atoms with Crippen molar-refractivity contribution in [1.82, 2.24) is 10.3 Å². The van der Waals surface area contributed by atoms with Crippen molar-refractivity contribution in [2.75, 3.05) is 38.8 Å². The molecule has 2 aromatic rings. The lowest BCUT2D eigenvalue weighted by molar-refractivity contribution is -0.129. The van der Waals surface area contributed by atoms with Crippen molar-refractivity contribution in [2.45, 2.75) is 65.2 Å². The van der Waals surface area contributed by atoms with Gasteiger partial charge in [0, 0.05) is 36.8 Å². The van der Waals surface area contributed by atoms with Gasteiger partial charge in [0.1, 0.15) is 5.76 Å². The van der Waals surface area contributed by atoms with Gasteiger partial charge in [-0.05, 0) is 106 Å². The van der Waals surface area contributed by atoms with E-state index in [1.165, 1.54) is 11.3 Å². The first kappa shape index (κ1) is 34.4. The van der Waals surface area contributed by atoms with Gasteiger partial charge in [-0.25, -0.2) is 4.98 Å². The second kappa shape index (κ2) is 16.8. The van der Waals surface area contributed by atoms with Crippen LogP contribution in [0.2, 0.25) is 0 Å². The molecule has 0 saturated heterocycles. The van der Waals surface area contributed by atoms with Gasteiger partial charge in [0.05, 0.1) is 25.7 Å². The van der Waals surface area contributed by atoms with Crippen molar-refractivity contribution in [3.63, 3.8) is 0 Å². The molecule has 0 atom stereocenters. The molecular formula is C36H49N3O5S. The third kappa shape index (κ3) is 9.30. The Kier molecular flexibility index (Phi) is 12.8. The van der Waals surface area contributed by atoms with E-state index < -0.39 is 0 Å². The number of nitrogens with one attached hydrogen (secondary N) is 1. The minimum atomic E-state index is -0.120. The number of hydrogen-bond donors (Lipinski definition) is 2. The zero-order valence-corrected chi connectivity index (χ0v) is 28.0. The van der Waals surface area contributed by atoms with E-state index in [0.717, 1.165) is 58.7 Å². The first-order valence-electron chi connectivity index (χ1n) is 16.1. The number of aromatic nitrogens is 1. The van der Waals surface area contributed by atoms with Gasteiger partial charge in [0.2, 0.25) is 11.8 Å². The molecule has 0 spiro atoms. The van der Waals surface area contributed by atoms with Crippen LogP contribution < -0.4 is 15.0 Å². The lowest BCUT2D eigenvalue weighted by Crippen LogP contribution is -2.42. The van der Waals surface area contributed by atoms with Crippen LogP contribution in [0.4, 0.5) is 5.69 Å².